The van der Waals surface area contributed by atoms with Crippen LogP contribution in [0.15, 0.2) is 23.1 Å². The van der Waals surface area contributed by atoms with Crippen molar-refractivity contribution in [2.45, 2.75) is 31.3 Å². The molecule has 1 aliphatic rings. The second-order valence-corrected chi connectivity index (χ2v) is 7.99. The lowest BCUT2D eigenvalue weighted by Gasteiger charge is -2.23. The predicted octanol–water partition coefficient (Wildman–Crippen LogP) is 2.37. The molecule has 1 unspecified atom stereocenters. The summed E-state index contributed by atoms with van der Waals surface area (Å²) in [4.78, 5) is -0.288. The van der Waals surface area contributed by atoms with Gasteiger partial charge in [-0.05, 0) is 43.0 Å². The molecule has 4 nitrogen and oxygen atoms in total. The summed E-state index contributed by atoms with van der Waals surface area (Å²) in [5, 5.41) is 0. The van der Waals surface area contributed by atoms with Crippen molar-refractivity contribution >= 4 is 10.0 Å². The van der Waals surface area contributed by atoms with Crippen molar-refractivity contribution in [2.24, 2.45) is 11.1 Å². The van der Waals surface area contributed by atoms with Crippen LogP contribution in [0.4, 0.5) is 13.2 Å². The maximum absolute atomic E-state index is 12.8. The number of rotatable bonds is 3. The molecule has 0 aliphatic carbocycles. The van der Waals surface area contributed by atoms with Crippen molar-refractivity contribution in [3.8, 4) is 0 Å². The lowest BCUT2D eigenvalue weighted by atomic mass is 9.90. The maximum atomic E-state index is 12.8. The van der Waals surface area contributed by atoms with Crippen molar-refractivity contribution in [3.05, 3.63) is 29.3 Å². The quantitative estimate of drug-likeness (QED) is 0.922. The summed E-state index contributed by atoms with van der Waals surface area (Å²) in [6, 6.07) is 2.79. The van der Waals surface area contributed by atoms with E-state index in [9.17, 15) is 21.6 Å². The van der Waals surface area contributed by atoms with Gasteiger partial charge in [0.05, 0.1) is 10.5 Å². The molecule has 2 rings (SSSR count). The minimum Gasteiger partial charge on any atom is -0.330 e. The zero-order valence-corrected chi connectivity index (χ0v) is 13.3. The normalized spacial score (nSPS) is 23.9. The van der Waals surface area contributed by atoms with Crippen LogP contribution in [0.1, 0.15) is 24.5 Å². The van der Waals surface area contributed by atoms with Crippen molar-refractivity contribution in [1.82, 2.24) is 4.31 Å². The Morgan fingerprint density at radius 1 is 1.36 bits per heavy atom. The molecule has 2 N–H and O–H groups in total. The summed E-state index contributed by atoms with van der Waals surface area (Å²) in [5.41, 5.74) is 4.66. The van der Waals surface area contributed by atoms with Gasteiger partial charge in [0.15, 0.2) is 0 Å². The molecule has 1 fully saturated rings. The number of hydrogen-bond acceptors (Lipinski definition) is 3. The monoisotopic (exact) mass is 336 g/mol. The Labute approximate surface area is 128 Å². The molecule has 0 amide bonds. The minimum atomic E-state index is -4.57. The van der Waals surface area contributed by atoms with Crippen LogP contribution >= 0.6 is 0 Å². The van der Waals surface area contributed by atoms with Crippen molar-refractivity contribution in [3.63, 3.8) is 0 Å². The third kappa shape index (κ3) is 3.13. The van der Waals surface area contributed by atoms with Crippen molar-refractivity contribution < 1.29 is 21.6 Å². The molecule has 0 aromatic heterocycles. The summed E-state index contributed by atoms with van der Waals surface area (Å²) in [5.74, 6) is 0. The minimum absolute atomic E-state index is 0.224. The Hall–Kier alpha value is -1.12. The van der Waals surface area contributed by atoms with Crippen LogP contribution in [-0.2, 0) is 16.2 Å². The Morgan fingerprint density at radius 2 is 2.00 bits per heavy atom. The molecule has 0 spiro atoms. The molecule has 1 heterocycles. The van der Waals surface area contributed by atoms with Gasteiger partial charge in [-0.3, -0.25) is 0 Å². The summed E-state index contributed by atoms with van der Waals surface area (Å²) >= 11 is 0. The largest absolute Gasteiger partial charge is 0.416 e. The first-order valence-electron chi connectivity index (χ1n) is 6.88. The summed E-state index contributed by atoms with van der Waals surface area (Å²) < 4.78 is 65.0. The predicted molar refractivity (Wildman–Crippen MR) is 76.7 cm³/mol. The van der Waals surface area contributed by atoms with E-state index < -0.39 is 21.8 Å². The third-order valence-electron chi connectivity index (χ3n) is 4.15. The number of benzene rings is 1. The zero-order valence-electron chi connectivity index (χ0n) is 12.4. The van der Waals surface area contributed by atoms with E-state index in [1.807, 2.05) is 6.92 Å². The lowest BCUT2D eigenvalue weighted by molar-refractivity contribution is -0.137. The van der Waals surface area contributed by atoms with Crippen molar-refractivity contribution in [2.75, 3.05) is 19.6 Å². The van der Waals surface area contributed by atoms with Crippen LogP contribution < -0.4 is 5.73 Å². The number of sulfonamides is 1. The molecule has 1 aromatic rings. The van der Waals surface area contributed by atoms with E-state index in [2.05, 4.69) is 0 Å². The zero-order chi connectivity index (χ0) is 16.8. The van der Waals surface area contributed by atoms with Gasteiger partial charge in [-0.25, -0.2) is 8.42 Å². The van der Waals surface area contributed by atoms with E-state index in [0.29, 0.717) is 24.6 Å². The van der Waals surface area contributed by atoms with E-state index in [0.717, 1.165) is 6.07 Å². The van der Waals surface area contributed by atoms with Crippen molar-refractivity contribution in [1.29, 1.82) is 0 Å². The third-order valence-corrected chi connectivity index (χ3v) is 6.14. The molecule has 8 heteroatoms. The number of halogens is 3. The van der Waals surface area contributed by atoms with E-state index >= 15 is 0 Å². The SMILES string of the molecule is Cc1ccc(C(F)(F)F)cc1S(=O)(=O)N1CCC(C)(CN)C1. The first-order valence-corrected chi connectivity index (χ1v) is 8.32. The van der Waals surface area contributed by atoms with Crippen LogP contribution in [0.2, 0.25) is 0 Å². The number of nitrogens with zero attached hydrogens (tertiary/aromatic N) is 1. The molecule has 22 heavy (non-hydrogen) atoms. The van der Waals surface area contributed by atoms with E-state index in [1.54, 1.807) is 0 Å². The molecular weight excluding hydrogens is 317 g/mol. The molecule has 0 radical (unpaired) electrons. The van der Waals surface area contributed by atoms with Gasteiger partial charge >= 0.3 is 6.18 Å². The summed E-state index contributed by atoms with van der Waals surface area (Å²) in [6.45, 7) is 4.20. The van der Waals surface area contributed by atoms with E-state index in [4.69, 9.17) is 5.73 Å². The van der Waals surface area contributed by atoms with Crippen LogP contribution in [0.25, 0.3) is 0 Å². The first-order chi connectivity index (χ1) is 9.99. The number of hydrogen-bond donors (Lipinski definition) is 1. The Balaban J connectivity index is 2.43. The van der Waals surface area contributed by atoms with Gasteiger partial charge in [-0.15, -0.1) is 0 Å². The fourth-order valence-corrected chi connectivity index (χ4v) is 4.39. The molecular formula is C14H19F3N2O2S. The topological polar surface area (TPSA) is 63.4 Å². The van der Waals surface area contributed by atoms with E-state index in [1.165, 1.54) is 17.3 Å². The molecule has 0 saturated carbocycles. The highest BCUT2D eigenvalue weighted by Crippen LogP contribution is 2.36. The number of nitrogens with two attached hydrogens (primary N) is 1. The average molecular weight is 336 g/mol. The van der Waals surface area contributed by atoms with Gasteiger partial charge in [0, 0.05) is 13.1 Å². The first kappa shape index (κ1) is 17.2. The highest BCUT2D eigenvalue weighted by molar-refractivity contribution is 7.89. The number of aryl methyl sites for hydroxylation is 1. The van der Waals surface area contributed by atoms with Crippen LogP contribution in [-0.4, -0.2) is 32.4 Å². The Bertz CT molecular complexity index is 673. The van der Waals surface area contributed by atoms with Crippen LogP contribution in [0.5, 0.6) is 0 Å². The molecule has 1 atom stereocenters. The highest BCUT2D eigenvalue weighted by Gasteiger charge is 2.40. The lowest BCUT2D eigenvalue weighted by Crippen LogP contribution is -2.34. The smallest absolute Gasteiger partial charge is 0.330 e. The van der Waals surface area contributed by atoms with Gasteiger partial charge in [0.25, 0.3) is 0 Å². The second-order valence-electron chi connectivity index (χ2n) is 6.08. The Kier molecular flexibility index (Phi) is 4.31. The van der Waals surface area contributed by atoms with Gasteiger partial charge < -0.3 is 5.73 Å². The molecule has 124 valence electrons. The van der Waals surface area contributed by atoms with Gasteiger partial charge in [-0.2, -0.15) is 17.5 Å². The summed E-state index contributed by atoms with van der Waals surface area (Å²) in [6.07, 6.45) is -3.98. The summed E-state index contributed by atoms with van der Waals surface area (Å²) in [7, 11) is -3.96. The van der Waals surface area contributed by atoms with E-state index in [-0.39, 0.29) is 23.4 Å². The van der Waals surface area contributed by atoms with Crippen LogP contribution in [0, 0.1) is 12.3 Å². The molecule has 1 aromatic carbocycles. The maximum Gasteiger partial charge on any atom is 0.416 e. The standard InChI is InChI=1S/C14H19F3N2O2S/c1-10-3-4-11(14(15,16)17)7-12(10)22(20,21)19-6-5-13(2,8-18)9-19/h3-4,7H,5-6,8-9,18H2,1-2H3. The molecule has 0 bridgehead atoms. The number of alkyl halides is 3. The highest BCUT2D eigenvalue weighted by atomic mass is 32.2. The average Bonchev–Trinajstić information content (AvgIpc) is 2.82. The fraction of sp³-hybridized carbons (Fsp3) is 0.571. The second kappa shape index (κ2) is 5.50. The Morgan fingerprint density at radius 3 is 2.50 bits per heavy atom. The van der Waals surface area contributed by atoms with Crippen LogP contribution in [0.3, 0.4) is 0 Å². The molecule has 1 aliphatic heterocycles. The molecule has 1 saturated heterocycles. The van der Waals surface area contributed by atoms with Gasteiger partial charge in [0.1, 0.15) is 0 Å². The fourth-order valence-electron chi connectivity index (χ4n) is 2.54. The van der Waals surface area contributed by atoms with Gasteiger partial charge in [-0.1, -0.05) is 13.0 Å². The van der Waals surface area contributed by atoms with Gasteiger partial charge in [0.2, 0.25) is 10.0 Å².